The number of fused-ring (bicyclic) bond motifs is 3. The van der Waals surface area contributed by atoms with E-state index in [1.807, 2.05) is 25.1 Å². The number of H-pyrrole nitrogens is 1. The van der Waals surface area contributed by atoms with Gasteiger partial charge in [-0.05, 0) is 29.5 Å². The van der Waals surface area contributed by atoms with Crippen molar-refractivity contribution < 1.29 is 37.7 Å². The van der Waals surface area contributed by atoms with Crippen molar-refractivity contribution in [3.05, 3.63) is 64.3 Å². The molecule has 0 bridgehead atoms. The largest absolute Gasteiger partial charge is 0.417 e. The van der Waals surface area contributed by atoms with E-state index >= 15 is 0 Å². The van der Waals surface area contributed by atoms with Gasteiger partial charge in [-0.2, -0.15) is 0 Å². The molecule has 0 aliphatic carbocycles. The van der Waals surface area contributed by atoms with Crippen molar-refractivity contribution in [2.75, 3.05) is 0 Å². The molecule has 0 atom stereocenters. The second kappa shape index (κ2) is 8.62. The molecule has 8 nitrogen and oxygen atoms in total. The Bertz CT molecular complexity index is 1470. The number of hydrogen-bond donors (Lipinski definition) is 1. The number of hydrogen-bond acceptors (Lipinski definition) is 7. The minimum Gasteiger partial charge on any atom is -0.408 e. The fraction of sp³-hybridized carbons (Fsp3) is 0.182. The maximum Gasteiger partial charge on any atom is 0.417 e. The second-order valence-corrected chi connectivity index (χ2v) is 8.98. The highest BCUT2D eigenvalue weighted by atomic mass is 35.7. The Hall–Kier alpha value is -2.79. The van der Waals surface area contributed by atoms with Crippen molar-refractivity contribution in [3.8, 4) is 10.6 Å². The highest BCUT2D eigenvalue weighted by Gasteiger charge is 2.26. The SMILES string of the molecule is CCCc1c(-c2[o+]c(C)cc3cc4[nH]c(=O)oc4cc23)sc2ccccc12.[O-][Cl+3]([O-])([O-])[O-]. The molecule has 0 amide bonds. The van der Waals surface area contributed by atoms with Crippen LogP contribution in [0.1, 0.15) is 24.7 Å². The first-order valence-electron chi connectivity index (χ1n) is 9.67. The van der Waals surface area contributed by atoms with Crippen LogP contribution in [-0.4, -0.2) is 4.98 Å². The van der Waals surface area contributed by atoms with Crippen LogP contribution in [0.2, 0.25) is 0 Å². The summed E-state index contributed by atoms with van der Waals surface area (Å²) in [6, 6.07) is 14.3. The van der Waals surface area contributed by atoms with Crippen LogP contribution in [0.25, 0.3) is 42.6 Å². The molecule has 0 saturated heterocycles. The Morgan fingerprint density at radius 3 is 2.53 bits per heavy atom. The van der Waals surface area contributed by atoms with Gasteiger partial charge in [0.1, 0.15) is 4.88 Å². The summed E-state index contributed by atoms with van der Waals surface area (Å²) in [7, 11) is -4.94. The van der Waals surface area contributed by atoms with Gasteiger partial charge in [0.15, 0.2) is 5.58 Å². The van der Waals surface area contributed by atoms with E-state index in [4.69, 9.17) is 27.5 Å². The molecule has 1 N–H and O–H groups in total. The topological polar surface area (TPSA) is 150 Å². The van der Waals surface area contributed by atoms with Crippen LogP contribution in [-0.2, 0) is 6.42 Å². The lowest BCUT2D eigenvalue weighted by Crippen LogP contribution is -2.68. The third kappa shape index (κ3) is 4.68. The summed E-state index contributed by atoms with van der Waals surface area (Å²) >= 11 is 1.76. The third-order valence-electron chi connectivity index (χ3n) is 4.86. The van der Waals surface area contributed by atoms with E-state index in [1.165, 1.54) is 15.6 Å². The van der Waals surface area contributed by atoms with Crippen molar-refractivity contribution in [3.63, 3.8) is 0 Å². The Morgan fingerprint density at radius 2 is 1.81 bits per heavy atom. The van der Waals surface area contributed by atoms with E-state index in [0.717, 1.165) is 40.0 Å². The zero-order valence-corrected chi connectivity index (χ0v) is 18.7. The molecule has 0 unspecified atom stereocenters. The van der Waals surface area contributed by atoms with Crippen LogP contribution >= 0.6 is 11.3 Å². The average Bonchev–Trinajstić information content (AvgIpc) is 3.24. The predicted octanol–water partition coefficient (Wildman–Crippen LogP) is 1.54. The zero-order valence-electron chi connectivity index (χ0n) is 17.1. The van der Waals surface area contributed by atoms with Gasteiger partial charge in [0.2, 0.25) is 0 Å². The van der Waals surface area contributed by atoms with Gasteiger partial charge in [-0.3, -0.25) is 4.98 Å². The first-order chi connectivity index (χ1) is 15.1. The molecule has 32 heavy (non-hydrogen) atoms. The fourth-order valence-electron chi connectivity index (χ4n) is 3.74. The van der Waals surface area contributed by atoms with Crippen LogP contribution in [0.4, 0.5) is 0 Å². The minimum atomic E-state index is -4.94. The number of benzene rings is 2. The Balaban J connectivity index is 0.000000444. The lowest BCUT2D eigenvalue weighted by atomic mass is 10.0. The van der Waals surface area contributed by atoms with Crippen molar-refractivity contribution in [1.29, 1.82) is 0 Å². The maximum atomic E-state index is 11.6. The Morgan fingerprint density at radius 1 is 1.09 bits per heavy atom. The molecule has 2 aromatic carbocycles. The van der Waals surface area contributed by atoms with Crippen LogP contribution in [0, 0.1) is 17.2 Å². The highest BCUT2D eigenvalue weighted by Crippen LogP contribution is 2.43. The molecule has 0 aliphatic rings. The van der Waals surface area contributed by atoms with Gasteiger partial charge in [0.25, 0.3) is 0 Å². The minimum absolute atomic E-state index is 0.441. The smallest absolute Gasteiger partial charge is 0.408 e. The van der Waals surface area contributed by atoms with Crippen LogP contribution in [0.5, 0.6) is 0 Å². The summed E-state index contributed by atoms with van der Waals surface area (Å²) in [5, 5.41) is 3.27. The molecule has 3 aromatic heterocycles. The number of halogens is 1. The standard InChI is InChI=1S/C22H17NO3S.ClHO4/c1-3-6-15-14-7-4-5-8-19(14)27-21(15)20-16-11-18-17(23-22(24)26-18)10-13(16)9-12(2)25-20;2-1(3,4)5/h4-5,7-11H,3,6H2,1-2H3;(H,2,3,4,5). The van der Waals surface area contributed by atoms with E-state index in [2.05, 4.69) is 36.2 Å². The number of nitrogens with one attached hydrogen (secondary N) is 1. The van der Waals surface area contributed by atoms with E-state index < -0.39 is 16.0 Å². The van der Waals surface area contributed by atoms with Crippen LogP contribution < -0.4 is 24.4 Å². The average molecular weight is 476 g/mol. The maximum absolute atomic E-state index is 11.6. The molecule has 0 aliphatic heterocycles. The van der Waals surface area contributed by atoms with Gasteiger partial charge in [0.05, 0.1) is 17.8 Å². The number of oxazole rings is 1. The normalized spacial score (nSPS) is 11.8. The molecular formula is C22H18ClNO7S. The Labute approximate surface area is 187 Å². The van der Waals surface area contributed by atoms with Gasteiger partial charge in [-0.25, -0.2) is 27.8 Å². The molecule has 5 rings (SSSR count). The van der Waals surface area contributed by atoms with Gasteiger partial charge >= 0.3 is 17.3 Å². The molecule has 5 aromatic rings. The van der Waals surface area contributed by atoms with E-state index in [0.29, 0.717) is 11.1 Å². The molecule has 3 heterocycles. The van der Waals surface area contributed by atoms with Gasteiger partial charge in [-0.1, -0.05) is 31.5 Å². The molecule has 0 spiro atoms. The summed E-state index contributed by atoms with van der Waals surface area (Å²) in [6.45, 7) is 4.15. The summed E-state index contributed by atoms with van der Waals surface area (Å²) in [5.41, 5.74) is 2.57. The van der Waals surface area contributed by atoms with Crippen molar-refractivity contribution in [2.45, 2.75) is 26.7 Å². The van der Waals surface area contributed by atoms with E-state index in [1.54, 1.807) is 11.3 Å². The molecular weight excluding hydrogens is 458 g/mol. The molecule has 0 saturated carbocycles. The van der Waals surface area contributed by atoms with Crippen molar-refractivity contribution in [1.82, 2.24) is 4.98 Å². The zero-order chi connectivity index (χ0) is 23.0. The van der Waals surface area contributed by atoms with E-state index in [9.17, 15) is 4.79 Å². The van der Waals surface area contributed by atoms with Crippen molar-refractivity contribution in [2.24, 2.45) is 0 Å². The monoisotopic (exact) mass is 475 g/mol. The second-order valence-electron chi connectivity index (χ2n) is 7.17. The summed E-state index contributed by atoms with van der Waals surface area (Å²) in [6.07, 6.45) is 2.06. The first-order valence-corrected chi connectivity index (χ1v) is 11.7. The highest BCUT2D eigenvalue weighted by molar-refractivity contribution is 7.22. The molecule has 166 valence electrons. The molecule has 0 radical (unpaired) electrons. The summed E-state index contributed by atoms with van der Waals surface area (Å²) in [5.74, 6) is 1.24. The van der Waals surface area contributed by atoms with Gasteiger partial charge in [-0.15, -0.1) is 21.6 Å². The summed E-state index contributed by atoms with van der Waals surface area (Å²) in [4.78, 5) is 15.5. The first kappa shape index (κ1) is 22.4. The summed E-state index contributed by atoms with van der Waals surface area (Å²) < 4.78 is 46.7. The van der Waals surface area contributed by atoms with Crippen LogP contribution in [0.15, 0.2) is 56.1 Å². The predicted molar refractivity (Wildman–Crippen MR) is 111 cm³/mol. The Kier molecular flexibility index (Phi) is 6.04. The van der Waals surface area contributed by atoms with E-state index in [-0.39, 0.29) is 0 Å². The van der Waals surface area contributed by atoms with Gasteiger partial charge < -0.3 is 4.42 Å². The quantitative estimate of drug-likeness (QED) is 0.389. The number of aromatic nitrogens is 1. The van der Waals surface area contributed by atoms with Crippen LogP contribution in [0.3, 0.4) is 0 Å². The lowest BCUT2D eigenvalue weighted by molar-refractivity contribution is -2.00. The molecule has 10 heteroatoms. The molecule has 0 fully saturated rings. The number of aryl methyl sites for hydroxylation is 2. The number of thiophene rings is 1. The van der Waals surface area contributed by atoms with Gasteiger partial charge in [0, 0.05) is 22.2 Å². The third-order valence-corrected chi connectivity index (χ3v) is 6.07. The fourth-order valence-corrected chi connectivity index (χ4v) is 4.99. The number of rotatable bonds is 3. The lowest BCUT2D eigenvalue weighted by Gasteiger charge is -2.17. The van der Waals surface area contributed by atoms with Crippen molar-refractivity contribution >= 4 is 43.3 Å². The number of aromatic amines is 1.